The molecule has 1 aliphatic carbocycles. The van der Waals surface area contributed by atoms with Crippen LogP contribution in [-0.2, 0) is 29.0 Å². The summed E-state index contributed by atoms with van der Waals surface area (Å²) in [6, 6.07) is 0.967. The minimum atomic E-state index is -4.48. The maximum Gasteiger partial charge on any atom is 0.417 e. The molecule has 0 aromatic carbocycles. The lowest BCUT2D eigenvalue weighted by molar-refractivity contribution is -0.137. The summed E-state index contributed by atoms with van der Waals surface area (Å²) in [6.45, 7) is 14.8. The quantitative estimate of drug-likeness (QED) is 0.412. The van der Waals surface area contributed by atoms with Gasteiger partial charge < -0.3 is 8.99 Å². The van der Waals surface area contributed by atoms with Crippen LogP contribution in [0.2, 0.25) is 23.2 Å². The van der Waals surface area contributed by atoms with Gasteiger partial charge in [-0.1, -0.05) is 32.4 Å². The first-order valence-corrected chi connectivity index (χ1v) is 15.8. The van der Waals surface area contributed by atoms with E-state index in [1.807, 2.05) is 11.8 Å². The summed E-state index contributed by atoms with van der Waals surface area (Å²) in [7, 11) is -1.89. The Morgan fingerprint density at radius 2 is 1.88 bits per heavy atom. The van der Waals surface area contributed by atoms with Crippen LogP contribution < -0.4 is 0 Å². The molecule has 0 N–H and O–H groups in total. The van der Waals surface area contributed by atoms with Crippen molar-refractivity contribution in [3.8, 4) is 0 Å². The third-order valence-electron chi connectivity index (χ3n) is 7.47. The second-order valence-electron chi connectivity index (χ2n) is 11.2. The van der Waals surface area contributed by atoms with Crippen LogP contribution in [0, 0.1) is 0 Å². The number of thioether (sulfide) groups is 1. The molecule has 2 aromatic rings. The molecule has 1 fully saturated rings. The first-order valence-electron chi connectivity index (χ1n) is 11.5. The summed E-state index contributed by atoms with van der Waals surface area (Å²) in [5, 5.41) is 9.22. The van der Waals surface area contributed by atoms with Gasteiger partial charge in [-0.25, -0.2) is 0 Å². The highest BCUT2D eigenvalue weighted by Gasteiger charge is 2.53. The topological polar surface area (TPSA) is 52.8 Å². The van der Waals surface area contributed by atoms with Crippen LogP contribution in [0.15, 0.2) is 12.3 Å². The lowest BCUT2D eigenvalue weighted by Gasteiger charge is -2.39. The number of hydrogen-bond acceptors (Lipinski definition) is 5. The highest BCUT2D eigenvalue weighted by molar-refractivity contribution is 8.00. The zero-order valence-corrected chi connectivity index (χ0v) is 23.1. The maximum absolute atomic E-state index is 13.1. The lowest BCUT2D eigenvalue weighted by atomic mass is 9.99. The summed E-state index contributed by atoms with van der Waals surface area (Å²) in [5.41, 5.74) is -0.959. The van der Waals surface area contributed by atoms with E-state index in [-0.39, 0.29) is 14.8 Å². The van der Waals surface area contributed by atoms with Crippen molar-refractivity contribution >= 4 is 31.7 Å². The van der Waals surface area contributed by atoms with Gasteiger partial charge in [0.05, 0.1) is 21.7 Å². The van der Waals surface area contributed by atoms with Crippen LogP contribution in [-0.4, -0.2) is 45.2 Å². The number of alkyl halides is 3. The molecular formula is C23H32ClF3N4OSSi. The van der Waals surface area contributed by atoms with Gasteiger partial charge in [-0.05, 0) is 44.0 Å². The maximum atomic E-state index is 13.1. The van der Waals surface area contributed by atoms with Crippen LogP contribution in [0.25, 0.3) is 0 Å². The molecular weight excluding hydrogens is 501 g/mol. The molecule has 34 heavy (non-hydrogen) atoms. The second-order valence-corrected chi connectivity index (χ2v) is 18.1. The molecule has 11 heteroatoms. The fraction of sp³-hybridized carbons (Fsp3) is 0.696. The molecule has 0 unspecified atom stereocenters. The van der Waals surface area contributed by atoms with Crippen molar-refractivity contribution in [2.24, 2.45) is 0 Å². The fourth-order valence-electron chi connectivity index (χ4n) is 4.10. The number of hydrogen-bond donors (Lipinski definition) is 0. The largest absolute Gasteiger partial charge is 0.417 e. The van der Waals surface area contributed by atoms with Gasteiger partial charge >= 0.3 is 6.18 Å². The second kappa shape index (κ2) is 8.49. The Kier molecular flexibility index (Phi) is 6.48. The van der Waals surface area contributed by atoms with Gasteiger partial charge in [-0.3, -0.25) is 4.98 Å². The first-order chi connectivity index (χ1) is 15.6. The molecule has 188 valence electrons. The monoisotopic (exact) mass is 532 g/mol. The van der Waals surface area contributed by atoms with Crippen LogP contribution >= 0.6 is 23.4 Å². The molecule has 4 rings (SSSR count). The first kappa shape index (κ1) is 26.0. The summed E-state index contributed by atoms with van der Waals surface area (Å²) in [6.07, 6.45) is -1.42. The van der Waals surface area contributed by atoms with Gasteiger partial charge in [0.15, 0.2) is 8.32 Å². The number of halogens is 4. The predicted molar refractivity (Wildman–Crippen MR) is 132 cm³/mol. The number of nitrogens with zero attached hydrogens (tertiary/aromatic N) is 4. The van der Waals surface area contributed by atoms with E-state index in [0.717, 1.165) is 49.1 Å². The van der Waals surface area contributed by atoms with Crippen molar-refractivity contribution in [3.05, 3.63) is 40.2 Å². The number of fused-ring (bicyclic) bond motifs is 1. The number of pyridine rings is 1. The van der Waals surface area contributed by atoms with Crippen molar-refractivity contribution in [3.63, 3.8) is 0 Å². The van der Waals surface area contributed by atoms with E-state index < -0.39 is 25.5 Å². The highest BCUT2D eigenvalue weighted by Crippen LogP contribution is 2.54. The van der Waals surface area contributed by atoms with E-state index in [1.165, 1.54) is 0 Å². The summed E-state index contributed by atoms with van der Waals surface area (Å²) in [4.78, 5) is 4.16. The van der Waals surface area contributed by atoms with E-state index in [2.05, 4.69) is 60.5 Å². The van der Waals surface area contributed by atoms with Gasteiger partial charge in [-0.2, -0.15) is 24.9 Å². The zero-order valence-electron chi connectivity index (χ0n) is 20.5. The van der Waals surface area contributed by atoms with E-state index in [9.17, 15) is 13.2 Å². The minimum Gasteiger partial charge on any atom is -0.415 e. The Hall–Kier alpha value is -1.10. The summed E-state index contributed by atoms with van der Waals surface area (Å²) in [5.74, 6) is 2.52. The molecule has 0 saturated heterocycles. The molecule has 1 saturated carbocycles. The minimum absolute atomic E-state index is 0.0280. The van der Waals surface area contributed by atoms with Crippen molar-refractivity contribution in [2.75, 3.05) is 12.4 Å². The Morgan fingerprint density at radius 3 is 2.44 bits per heavy atom. The van der Waals surface area contributed by atoms with Gasteiger partial charge in [0.25, 0.3) is 0 Å². The van der Waals surface area contributed by atoms with Gasteiger partial charge in [0.2, 0.25) is 0 Å². The molecule has 1 atom stereocenters. The fourth-order valence-corrected chi connectivity index (χ4v) is 6.81. The molecule has 0 bridgehead atoms. The van der Waals surface area contributed by atoms with Gasteiger partial charge in [-0.15, -0.1) is 10.2 Å². The Balaban J connectivity index is 1.59. The summed E-state index contributed by atoms with van der Waals surface area (Å²) >= 11 is 8.21. The smallest absolute Gasteiger partial charge is 0.415 e. The van der Waals surface area contributed by atoms with Crippen molar-refractivity contribution in [2.45, 2.75) is 88.0 Å². The average Bonchev–Trinajstić information content (AvgIpc) is 3.44. The molecule has 0 spiro atoms. The van der Waals surface area contributed by atoms with Crippen molar-refractivity contribution < 1.29 is 17.6 Å². The lowest BCUT2D eigenvalue weighted by Crippen LogP contribution is -2.45. The highest BCUT2D eigenvalue weighted by atomic mass is 35.5. The van der Waals surface area contributed by atoms with Gasteiger partial charge in [0.1, 0.15) is 11.6 Å². The third kappa shape index (κ3) is 4.79. The van der Waals surface area contributed by atoms with Gasteiger partial charge in [0, 0.05) is 36.3 Å². The third-order valence-corrected chi connectivity index (χ3v) is 13.6. The molecule has 2 aromatic heterocycles. The molecule has 3 heterocycles. The van der Waals surface area contributed by atoms with Crippen molar-refractivity contribution in [1.29, 1.82) is 0 Å². The van der Waals surface area contributed by atoms with Crippen molar-refractivity contribution in [1.82, 2.24) is 19.7 Å². The van der Waals surface area contributed by atoms with Crippen LogP contribution in [0.3, 0.4) is 0 Å². The van der Waals surface area contributed by atoms with E-state index in [4.69, 9.17) is 16.0 Å². The van der Waals surface area contributed by atoms with E-state index in [1.54, 1.807) is 0 Å². The van der Waals surface area contributed by atoms with E-state index >= 15 is 0 Å². The molecule has 0 radical (unpaired) electrons. The van der Waals surface area contributed by atoms with Crippen LogP contribution in [0.1, 0.15) is 63.4 Å². The number of aromatic nitrogens is 4. The molecule has 1 aliphatic heterocycles. The normalized spacial score (nSPS) is 22.9. The summed E-state index contributed by atoms with van der Waals surface area (Å²) < 4.78 is 47.8. The number of rotatable bonds is 5. The molecule has 5 nitrogen and oxygen atoms in total. The Morgan fingerprint density at radius 1 is 1.21 bits per heavy atom. The molecule has 2 aliphatic rings. The zero-order chi connectivity index (χ0) is 25.2. The average molecular weight is 533 g/mol. The Bertz CT molecular complexity index is 1080. The molecule has 0 amide bonds. The SMILES string of the molecule is CC(C)(C)[Si](C)(C)OC[C@@]1(C)Cc2nnc(C3(c4ncc(C(F)(F)F)cc4Cl)CC3)n2CCS1. The predicted octanol–water partition coefficient (Wildman–Crippen LogP) is 6.50. The van der Waals surface area contributed by atoms with E-state index in [0.29, 0.717) is 18.7 Å². The van der Waals surface area contributed by atoms with Crippen LogP contribution in [0.4, 0.5) is 13.2 Å². The Labute approximate surface area is 209 Å². The van der Waals surface area contributed by atoms with Crippen LogP contribution in [0.5, 0.6) is 0 Å². The standard InChI is InChI=1S/C23H32ClF3N4OSSi/c1-20(2,3)34(5,6)32-14-21(4)12-17-29-30-19(31(17)9-10-33-21)22(7-8-22)18-16(24)11-15(13-28-18)23(25,26)27/h11,13H,7-10,12,14H2,1-6H3/t21-/m1/s1.